The topological polar surface area (TPSA) is 21.7 Å². The zero-order valence-corrected chi connectivity index (χ0v) is 26.0. The van der Waals surface area contributed by atoms with Crippen molar-refractivity contribution in [2.45, 2.75) is 44.3 Å². The Labute approximate surface area is 265 Å². The Morgan fingerprint density at radius 1 is 0.533 bits per heavy atom. The molecule has 6 aromatic rings. The van der Waals surface area contributed by atoms with E-state index in [9.17, 15) is 0 Å². The number of hydrogen-bond donors (Lipinski definition) is 0. The molecule has 218 valence electrons. The zero-order valence-electron chi connectivity index (χ0n) is 26.0. The molecule has 0 aromatic heterocycles. The molecule has 0 amide bonds. The van der Waals surface area contributed by atoms with Gasteiger partial charge < -0.3 is 14.2 Å². The number of anilines is 3. The van der Waals surface area contributed by atoms with Crippen molar-refractivity contribution >= 4 is 40.4 Å². The molecule has 45 heavy (non-hydrogen) atoms. The Kier molecular flexibility index (Phi) is 5.47. The third-order valence-corrected chi connectivity index (χ3v) is 10.7. The third kappa shape index (κ3) is 3.50. The number of rotatable bonds is 2. The van der Waals surface area contributed by atoms with Gasteiger partial charge in [0.1, 0.15) is 0 Å². The molecular formula is C41H34BNO2. The molecule has 0 N–H and O–H groups in total. The highest BCUT2D eigenvalue weighted by Gasteiger charge is 2.55. The molecule has 2 aliphatic heterocycles. The van der Waals surface area contributed by atoms with E-state index in [4.69, 9.17) is 9.31 Å². The van der Waals surface area contributed by atoms with Gasteiger partial charge in [-0.15, -0.1) is 0 Å². The average molecular weight is 584 g/mol. The fourth-order valence-electron chi connectivity index (χ4n) is 7.92. The summed E-state index contributed by atoms with van der Waals surface area (Å²) in [5.41, 5.74) is 10.9. The highest BCUT2D eigenvalue weighted by molar-refractivity contribution is 6.62. The number of hydrogen-bond acceptors (Lipinski definition) is 3. The summed E-state index contributed by atoms with van der Waals surface area (Å²) in [6, 6.07) is 49.0. The Morgan fingerprint density at radius 3 is 1.82 bits per heavy atom. The van der Waals surface area contributed by atoms with Crippen LogP contribution >= 0.6 is 0 Å². The van der Waals surface area contributed by atoms with Gasteiger partial charge in [-0.05, 0) is 102 Å². The van der Waals surface area contributed by atoms with E-state index >= 15 is 0 Å². The molecule has 2 heterocycles. The minimum absolute atomic E-state index is 0.423. The van der Waals surface area contributed by atoms with E-state index in [2.05, 4.69) is 166 Å². The maximum atomic E-state index is 6.62. The van der Waals surface area contributed by atoms with Gasteiger partial charge in [0.2, 0.25) is 0 Å². The van der Waals surface area contributed by atoms with E-state index in [0.29, 0.717) is 0 Å². The maximum Gasteiger partial charge on any atom is 0.494 e. The molecule has 1 spiro atoms. The summed E-state index contributed by atoms with van der Waals surface area (Å²) >= 11 is 0. The van der Waals surface area contributed by atoms with Crippen LogP contribution in [-0.4, -0.2) is 18.3 Å². The van der Waals surface area contributed by atoms with Crippen molar-refractivity contribution in [1.29, 1.82) is 0 Å². The quantitative estimate of drug-likeness (QED) is 0.189. The summed E-state index contributed by atoms with van der Waals surface area (Å²) in [6.45, 7) is 8.48. The molecule has 0 unspecified atom stereocenters. The van der Waals surface area contributed by atoms with E-state index in [1.165, 1.54) is 55.5 Å². The second-order valence-electron chi connectivity index (χ2n) is 13.6. The van der Waals surface area contributed by atoms with Crippen LogP contribution in [-0.2, 0) is 14.7 Å². The summed E-state index contributed by atoms with van der Waals surface area (Å²) in [5, 5.41) is 2.52. The number of benzene rings is 6. The predicted octanol–water partition coefficient (Wildman–Crippen LogP) is 9.29. The smallest absolute Gasteiger partial charge is 0.399 e. The van der Waals surface area contributed by atoms with Gasteiger partial charge in [-0.3, -0.25) is 0 Å². The molecule has 9 rings (SSSR count). The van der Waals surface area contributed by atoms with Gasteiger partial charge in [-0.2, -0.15) is 0 Å². The fourth-order valence-corrected chi connectivity index (χ4v) is 7.92. The molecule has 3 aliphatic rings. The Balaban J connectivity index is 1.40. The Hall–Kier alpha value is -4.64. The van der Waals surface area contributed by atoms with Crippen LogP contribution in [0.4, 0.5) is 17.1 Å². The van der Waals surface area contributed by atoms with Crippen molar-refractivity contribution in [3.63, 3.8) is 0 Å². The number of fused-ring (bicyclic) bond motifs is 11. The van der Waals surface area contributed by atoms with Crippen molar-refractivity contribution in [3.05, 3.63) is 156 Å². The molecule has 1 fully saturated rings. The van der Waals surface area contributed by atoms with Crippen LogP contribution < -0.4 is 10.4 Å². The minimum Gasteiger partial charge on any atom is -0.399 e. The largest absolute Gasteiger partial charge is 0.494 e. The lowest BCUT2D eigenvalue weighted by Crippen LogP contribution is -2.41. The van der Waals surface area contributed by atoms with E-state index in [0.717, 1.165) is 11.2 Å². The van der Waals surface area contributed by atoms with Crippen molar-refractivity contribution in [3.8, 4) is 11.1 Å². The van der Waals surface area contributed by atoms with Gasteiger partial charge in [-0.25, -0.2) is 0 Å². The average Bonchev–Trinajstić information content (AvgIpc) is 3.48. The minimum atomic E-state index is -0.535. The lowest BCUT2D eigenvalue weighted by Gasteiger charge is -2.45. The normalized spacial score (nSPS) is 18.0. The maximum absolute atomic E-state index is 6.62. The molecule has 6 aromatic carbocycles. The van der Waals surface area contributed by atoms with Crippen molar-refractivity contribution in [2.75, 3.05) is 4.90 Å². The van der Waals surface area contributed by atoms with Crippen LogP contribution in [0.15, 0.2) is 133 Å². The summed E-state index contributed by atoms with van der Waals surface area (Å²) < 4.78 is 13.2. The Bertz CT molecular complexity index is 2090. The lowest BCUT2D eigenvalue weighted by molar-refractivity contribution is 0.00578. The van der Waals surface area contributed by atoms with Gasteiger partial charge in [0.05, 0.1) is 28.0 Å². The first-order valence-electron chi connectivity index (χ1n) is 15.9. The summed E-state index contributed by atoms with van der Waals surface area (Å²) in [7, 11) is -0.451. The predicted molar refractivity (Wildman–Crippen MR) is 185 cm³/mol. The second-order valence-corrected chi connectivity index (χ2v) is 13.6. The van der Waals surface area contributed by atoms with Gasteiger partial charge in [0, 0.05) is 5.69 Å². The van der Waals surface area contributed by atoms with Crippen LogP contribution in [0, 0.1) is 0 Å². The lowest BCUT2D eigenvalue weighted by atomic mass is 9.63. The first kappa shape index (κ1) is 26.7. The SMILES string of the molecule is CC1(C)OB(c2ccc3c(c2)C2(c4ccccc4N(c4ccccc4)c4ccccc42)c2ccc4ccccc4c2-3)OC1(C)C. The summed E-state index contributed by atoms with van der Waals surface area (Å²) in [4.78, 5) is 2.42. The van der Waals surface area contributed by atoms with E-state index in [1.54, 1.807) is 0 Å². The van der Waals surface area contributed by atoms with Crippen LogP contribution in [0.3, 0.4) is 0 Å². The molecule has 1 aliphatic carbocycles. The highest BCUT2D eigenvalue weighted by Crippen LogP contribution is 2.64. The summed E-state index contributed by atoms with van der Waals surface area (Å²) in [5.74, 6) is 0. The zero-order chi connectivity index (χ0) is 30.6. The molecule has 0 bridgehead atoms. The van der Waals surface area contributed by atoms with Crippen molar-refractivity contribution in [2.24, 2.45) is 0 Å². The standard InChI is InChI=1S/C41H34BNO2/c1-39(2)40(3,4)45-42(44-39)28-23-24-31-35(26-28)41(34-25-22-27-14-8-9-17-30(27)38(31)34)32-18-10-12-20-36(32)43(29-15-6-5-7-16-29)37-21-13-11-19-33(37)41/h5-26H,1-4H3. The molecule has 0 saturated carbocycles. The highest BCUT2D eigenvalue weighted by atomic mass is 16.7. The van der Waals surface area contributed by atoms with Crippen LogP contribution in [0.1, 0.15) is 49.9 Å². The van der Waals surface area contributed by atoms with Gasteiger partial charge >= 0.3 is 7.12 Å². The van der Waals surface area contributed by atoms with Crippen LogP contribution in [0.5, 0.6) is 0 Å². The molecule has 0 radical (unpaired) electrons. The van der Waals surface area contributed by atoms with Crippen molar-refractivity contribution in [1.82, 2.24) is 0 Å². The van der Waals surface area contributed by atoms with E-state index in [1.807, 2.05) is 0 Å². The molecular weight excluding hydrogens is 549 g/mol. The molecule has 1 saturated heterocycles. The molecule has 3 nitrogen and oxygen atoms in total. The van der Waals surface area contributed by atoms with Gasteiger partial charge in [-0.1, -0.05) is 109 Å². The molecule has 0 atom stereocenters. The molecule has 4 heteroatoms. The monoisotopic (exact) mass is 583 g/mol. The first-order valence-corrected chi connectivity index (χ1v) is 15.9. The first-order chi connectivity index (χ1) is 21.8. The van der Waals surface area contributed by atoms with E-state index < -0.39 is 23.7 Å². The number of nitrogens with zero attached hydrogens (tertiary/aromatic N) is 1. The third-order valence-electron chi connectivity index (χ3n) is 10.7. The van der Waals surface area contributed by atoms with Crippen LogP contribution in [0.2, 0.25) is 0 Å². The van der Waals surface area contributed by atoms with Gasteiger partial charge in [0.25, 0.3) is 0 Å². The number of para-hydroxylation sites is 3. The van der Waals surface area contributed by atoms with Crippen molar-refractivity contribution < 1.29 is 9.31 Å². The van der Waals surface area contributed by atoms with E-state index in [-0.39, 0.29) is 0 Å². The Morgan fingerprint density at radius 2 is 1.13 bits per heavy atom. The second kappa shape index (κ2) is 9.20. The van der Waals surface area contributed by atoms with Crippen LogP contribution in [0.25, 0.3) is 21.9 Å². The summed E-state index contributed by atoms with van der Waals surface area (Å²) in [6.07, 6.45) is 0. The fraction of sp³-hybridized carbons (Fsp3) is 0.171. The van der Waals surface area contributed by atoms with Gasteiger partial charge in [0.15, 0.2) is 0 Å².